The number of aliphatic hydroxyl groups is 1. The van der Waals surface area contributed by atoms with Gasteiger partial charge in [0.05, 0.1) is 12.9 Å². The van der Waals surface area contributed by atoms with Crippen molar-refractivity contribution in [3.8, 4) is 5.75 Å². The fourth-order valence-corrected chi connectivity index (χ4v) is 3.92. The molecule has 1 aliphatic rings. The highest BCUT2D eigenvalue weighted by molar-refractivity contribution is 7.92. The van der Waals surface area contributed by atoms with Crippen LogP contribution in [-0.2, 0) is 14.8 Å². The number of carbonyl (C=O) groups is 2. The Bertz CT molecular complexity index is 1120. The van der Waals surface area contributed by atoms with E-state index in [2.05, 4.69) is 0 Å². The monoisotopic (exact) mass is 475 g/mol. The zero-order valence-corrected chi connectivity index (χ0v) is 20.0. The standard InChI is InChI=1S/C24H29NO7S/c1-24(2,3)32-23(28)25(33(4,29)30)19-13-12-18(14-20(19)31-15-16-10-11-16)22(27)21(26)17-8-6-5-7-9-17/h5-9,12-14,16,22,27H,10-11,15H2,1-4H3. The summed E-state index contributed by atoms with van der Waals surface area (Å²) in [5, 5.41) is 10.7. The number of Topliss-reactive ketones (excluding diaryl/α,β-unsaturated/α-hetero) is 1. The van der Waals surface area contributed by atoms with Crippen LogP contribution in [0.15, 0.2) is 48.5 Å². The third-order valence-corrected chi connectivity index (χ3v) is 5.90. The Labute approximate surface area is 194 Å². The van der Waals surface area contributed by atoms with Gasteiger partial charge in [-0.25, -0.2) is 13.2 Å². The third-order valence-electron chi connectivity index (χ3n) is 4.89. The molecule has 33 heavy (non-hydrogen) atoms. The summed E-state index contributed by atoms with van der Waals surface area (Å²) in [7, 11) is -4.08. The van der Waals surface area contributed by atoms with Crippen molar-refractivity contribution in [2.75, 3.05) is 17.2 Å². The highest BCUT2D eigenvalue weighted by atomic mass is 32.2. The fraction of sp³-hybridized carbons (Fsp3) is 0.417. The number of sulfonamides is 1. The van der Waals surface area contributed by atoms with Gasteiger partial charge in [-0.1, -0.05) is 36.4 Å². The maximum Gasteiger partial charge on any atom is 0.429 e. The van der Waals surface area contributed by atoms with E-state index in [0.717, 1.165) is 19.1 Å². The molecule has 0 aliphatic heterocycles. The molecule has 1 fully saturated rings. The molecule has 9 heteroatoms. The Balaban J connectivity index is 2.01. The van der Waals surface area contributed by atoms with E-state index in [0.29, 0.717) is 22.4 Å². The first kappa shape index (κ1) is 24.7. The molecule has 0 saturated heterocycles. The summed E-state index contributed by atoms with van der Waals surface area (Å²) >= 11 is 0. The molecule has 1 N–H and O–H groups in total. The van der Waals surface area contributed by atoms with Crippen LogP contribution in [0, 0.1) is 5.92 Å². The average molecular weight is 476 g/mol. The number of rotatable bonds is 8. The van der Waals surface area contributed by atoms with Crippen molar-refractivity contribution in [1.82, 2.24) is 0 Å². The second-order valence-electron chi connectivity index (χ2n) is 9.12. The lowest BCUT2D eigenvalue weighted by Crippen LogP contribution is -2.40. The van der Waals surface area contributed by atoms with Crippen molar-refractivity contribution in [2.45, 2.75) is 45.3 Å². The minimum absolute atomic E-state index is 0.0458. The summed E-state index contributed by atoms with van der Waals surface area (Å²) < 4.78 is 36.8. The Morgan fingerprint density at radius 1 is 1.12 bits per heavy atom. The molecule has 1 aliphatic carbocycles. The highest BCUT2D eigenvalue weighted by Crippen LogP contribution is 2.37. The smallest absolute Gasteiger partial charge is 0.429 e. The zero-order chi connectivity index (χ0) is 24.4. The van der Waals surface area contributed by atoms with E-state index in [4.69, 9.17) is 9.47 Å². The van der Waals surface area contributed by atoms with Crippen molar-refractivity contribution in [2.24, 2.45) is 5.92 Å². The number of ketones is 1. The summed E-state index contributed by atoms with van der Waals surface area (Å²) in [5.41, 5.74) is -0.416. The summed E-state index contributed by atoms with van der Waals surface area (Å²) in [6.07, 6.45) is 0.314. The number of benzene rings is 2. The van der Waals surface area contributed by atoms with E-state index in [9.17, 15) is 23.1 Å². The molecule has 1 atom stereocenters. The van der Waals surface area contributed by atoms with Gasteiger partial charge in [-0.3, -0.25) is 4.79 Å². The van der Waals surface area contributed by atoms with Crippen molar-refractivity contribution < 1.29 is 32.6 Å². The largest absolute Gasteiger partial charge is 0.491 e. The van der Waals surface area contributed by atoms with E-state index in [1.54, 1.807) is 51.1 Å². The zero-order valence-electron chi connectivity index (χ0n) is 19.1. The van der Waals surface area contributed by atoms with Gasteiger partial charge in [-0.2, -0.15) is 4.31 Å². The number of hydrogen-bond donors (Lipinski definition) is 1. The van der Waals surface area contributed by atoms with Crippen LogP contribution >= 0.6 is 0 Å². The summed E-state index contributed by atoms with van der Waals surface area (Å²) in [5.74, 6) is -0.107. The van der Waals surface area contributed by atoms with E-state index in [1.807, 2.05) is 0 Å². The molecule has 0 spiro atoms. The van der Waals surface area contributed by atoms with Crippen molar-refractivity contribution >= 4 is 27.6 Å². The van der Waals surface area contributed by atoms with E-state index in [1.165, 1.54) is 18.2 Å². The number of aliphatic hydroxyl groups excluding tert-OH is 1. The van der Waals surface area contributed by atoms with Gasteiger partial charge in [-0.15, -0.1) is 0 Å². The van der Waals surface area contributed by atoms with Crippen LogP contribution in [0.5, 0.6) is 5.75 Å². The highest BCUT2D eigenvalue weighted by Gasteiger charge is 2.34. The van der Waals surface area contributed by atoms with Crippen molar-refractivity contribution in [3.63, 3.8) is 0 Å². The van der Waals surface area contributed by atoms with Gasteiger partial charge in [0.1, 0.15) is 23.1 Å². The topological polar surface area (TPSA) is 110 Å². The first-order chi connectivity index (χ1) is 15.4. The Kier molecular flexibility index (Phi) is 7.14. The summed E-state index contributed by atoms with van der Waals surface area (Å²) in [4.78, 5) is 25.5. The molecular weight excluding hydrogens is 446 g/mol. The van der Waals surface area contributed by atoms with Crippen LogP contribution in [0.2, 0.25) is 0 Å². The normalized spacial score (nSPS) is 14.9. The molecule has 1 unspecified atom stereocenters. The molecule has 8 nitrogen and oxygen atoms in total. The molecule has 0 aromatic heterocycles. The molecular formula is C24H29NO7S. The number of amides is 1. The van der Waals surface area contributed by atoms with E-state index >= 15 is 0 Å². The molecule has 0 heterocycles. The maximum absolute atomic E-state index is 12.8. The molecule has 178 valence electrons. The molecule has 3 rings (SSSR count). The lowest BCUT2D eigenvalue weighted by molar-refractivity contribution is 0.0607. The lowest BCUT2D eigenvalue weighted by atomic mass is 9.99. The number of carbonyl (C=O) groups excluding carboxylic acids is 2. The predicted molar refractivity (Wildman–Crippen MR) is 124 cm³/mol. The first-order valence-electron chi connectivity index (χ1n) is 10.6. The SMILES string of the molecule is CC(C)(C)OC(=O)N(c1ccc(C(O)C(=O)c2ccccc2)cc1OCC1CC1)S(C)(=O)=O. The fourth-order valence-electron chi connectivity index (χ4n) is 3.10. The summed E-state index contributed by atoms with van der Waals surface area (Å²) in [6, 6.07) is 12.5. The summed E-state index contributed by atoms with van der Waals surface area (Å²) in [6.45, 7) is 5.21. The minimum atomic E-state index is -4.08. The van der Waals surface area contributed by atoms with Gasteiger partial charge in [0.2, 0.25) is 10.0 Å². The van der Waals surface area contributed by atoms with E-state index in [-0.39, 0.29) is 17.0 Å². The van der Waals surface area contributed by atoms with Crippen molar-refractivity contribution in [3.05, 3.63) is 59.7 Å². The van der Waals surface area contributed by atoms with Gasteiger partial charge in [0, 0.05) is 5.56 Å². The number of hydrogen-bond acceptors (Lipinski definition) is 7. The van der Waals surface area contributed by atoms with Crippen LogP contribution < -0.4 is 9.04 Å². The molecule has 0 bridgehead atoms. The van der Waals surface area contributed by atoms with Gasteiger partial charge >= 0.3 is 6.09 Å². The Morgan fingerprint density at radius 2 is 1.76 bits per heavy atom. The van der Waals surface area contributed by atoms with E-state index < -0.39 is 33.6 Å². The lowest BCUT2D eigenvalue weighted by Gasteiger charge is -2.27. The minimum Gasteiger partial charge on any atom is -0.491 e. The second kappa shape index (κ2) is 9.52. The second-order valence-corrected chi connectivity index (χ2v) is 11.0. The van der Waals surface area contributed by atoms with Gasteiger partial charge in [0.15, 0.2) is 5.78 Å². The average Bonchev–Trinajstić information content (AvgIpc) is 3.55. The Hall–Kier alpha value is -2.91. The number of ether oxygens (including phenoxy) is 2. The first-order valence-corrected chi connectivity index (χ1v) is 12.5. The van der Waals surface area contributed by atoms with Crippen LogP contribution in [-0.4, -0.2) is 43.9 Å². The van der Waals surface area contributed by atoms with Gasteiger partial charge in [0.25, 0.3) is 0 Å². The quantitative estimate of drug-likeness (QED) is 0.573. The number of anilines is 1. The van der Waals surface area contributed by atoms with Gasteiger partial charge in [-0.05, 0) is 57.2 Å². The molecule has 2 aromatic carbocycles. The predicted octanol–water partition coefficient (Wildman–Crippen LogP) is 4.09. The molecule has 1 saturated carbocycles. The maximum atomic E-state index is 12.8. The molecule has 0 radical (unpaired) electrons. The number of nitrogens with zero attached hydrogens (tertiary/aromatic N) is 1. The van der Waals surface area contributed by atoms with Crippen LogP contribution in [0.25, 0.3) is 0 Å². The van der Waals surface area contributed by atoms with Crippen molar-refractivity contribution in [1.29, 1.82) is 0 Å². The Morgan fingerprint density at radius 3 is 2.30 bits per heavy atom. The molecule has 2 aromatic rings. The van der Waals surface area contributed by atoms with Crippen LogP contribution in [0.1, 0.15) is 55.6 Å². The molecule has 1 amide bonds. The third kappa shape index (κ3) is 6.55. The van der Waals surface area contributed by atoms with Crippen LogP contribution in [0.4, 0.5) is 10.5 Å². The van der Waals surface area contributed by atoms with Crippen LogP contribution in [0.3, 0.4) is 0 Å². The van der Waals surface area contributed by atoms with Gasteiger partial charge < -0.3 is 14.6 Å².